The largest absolute Gasteiger partial charge is 0.495 e. The predicted molar refractivity (Wildman–Crippen MR) is 63.9 cm³/mol. The SMILES string of the molecule is COc1cc(C#N)ccc1NS(=O)(=O)N(C)C. The Morgan fingerprint density at radius 1 is 1.41 bits per heavy atom. The third-order valence-corrected chi connectivity index (χ3v) is 3.49. The van der Waals surface area contributed by atoms with E-state index in [2.05, 4.69) is 4.72 Å². The highest BCUT2D eigenvalue weighted by atomic mass is 32.2. The van der Waals surface area contributed by atoms with Gasteiger partial charge in [-0.2, -0.15) is 18.0 Å². The third kappa shape index (κ3) is 3.09. The van der Waals surface area contributed by atoms with Gasteiger partial charge in [0.2, 0.25) is 0 Å². The summed E-state index contributed by atoms with van der Waals surface area (Å²) in [6, 6.07) is 6.41. The number of methoxy groups -OCH3 is 1. The van der Waals surface area contributed by atoms with Crippen LogP contribution in [0.3, 0.4) is 0 Å². The number of rotatable bonds is 4. The molecule has 6 nitrogen and oxygen atoms in total. The van der Waals surface area contributed by atoms with E-state index >= 15 is 0 Å². The molecule has 1 rings (SSSR count). The lowest BCUT2D eigenvalue weighted by Crippen LogP contribution is -2.29. The maximum absolute atomic E-state index is 11.6. The molecule has 0 saturated heterocycles. The lowest BCUT2D eigenvalue weighted by Gasteiger charge is -2.15. The molecule has 0 atom stereocenters. The molecule has 7 heteroatoms. The average Bonchev–Trinajstić information content (AvgIpc) is 2.29. The van der Waals surface area contributed by atoms with E-state index < -0.39 is 10.2 Å². The van der Waals surface area contributed by atoms with E-state index in [1.54, 1.807) is 0 Å². The van der Waals surface area contributed by atoms with E-state index in [0.717, 1.165) is 4.31 Å². The maximum atomic E-state index is 11.6. The molecule has 0 heterocycles. The Morgan fingerprint density at radius 2 is 2.06 bits per heavy atom. The summed E-state index contributed by atoms with van der Waals surface area (Å²) in [7, 11) is 0.654. The first-order valence-corrected chi connectivity index (χ1v) is 6.13. The van der Waals surface area contributed by atoms with Crippen LogP contribution in [0, 0.1) is 11.3 Å². The second kappa shape index (κ2) is 5.03. The fourth-order valence-corrected chi connectivity index (χ4v) is 1.70. The molecular weight excluding hydrogens is 242 g/mol. The maximum Gasteiger partial charge on any atom is 0.301 e. The van der Waals surface area contributed by atoms with Crippen molar-refractivity contribution in [2.24, 2.45) is 0 Å². The zero-order chi connectivity index (χ0) is 13.1. The van der Waals surface area contributed by atoms with Crippen LogP contribution in [-0.4, -0.2) is 33.9 Å². The van der Waals surface area contributed by atoms with Gasteiger partial charge in [-0.1, -0.05) is 0 Å². The normalized spacial score (nSPS) is 11.0. The van der Waals surface area contributed by atoms with Gasteiger partial charge in [-0.25, -0.2) is 0 Å². The molecule has 0 bridgehead atoms. The minimum Gasteiger partial charge on any atom is -0.495 e. The number of anilines is 1. The van der Waals surface area contributed by atoms with Crippen molar-refractivity contribution >= 4 is 15.9 Å². The number of nitrogens with one attached hydrogen (secondary N) is 1. The highest BCUT2D eigenvalue weighted by molar-refractivity contribution is 7.90. The number of nitrogens with zero attached hydrogens (tertiary/aromatic N) is 2. The molecule has 92 valence electrons. The first kappa shape index (κ1) is 13.3. The van der Waals surface area contributed by atoms with E-state index in [9.17, 15) is 8.42 Å². The molecule has 0 aromatic heterocycles. The van der Waals surface area contributed by atoms with Crippen molar-refractivity contribution in [3.8, 4) is 11.8 Å². The second-order valence-electron chi connectivity index (χ2n) is 3.42. The second-order valence-corrected chi connectivity index (χ2v) is 5.30. The quantitative estimate of drug-likeness (QED) is 0.862. The summed E-state index contributed by atoms with van der Waals surface area (Å²) in [5, 5.41) is 8.72. The van der Waals surface area contributed by atoms with Gasteiger partial charge < -0.3 is 4.74 Å². The van der Waals surface area contributed by atoms with Gasteiger partial charge in [-0.05, 0) is 12.1 Å². The van der Waals surface area contributed by atoms with E-state index in [0.29, 0.717) is 17.0 Å². The van der Waals surface area contributed by atoms with Gasteiger partial charge in [-0.3, -0.25) is 4.72 Å². The van der Waals surface area contributed by atoms with Crippen LogP contribution in [0.25, 0.3) is 0 Å². The number of ether oxygens (including phenoxy) is 1. The lowest BCUT2D eigenvalue weighted by atomic mass is 10.2. The molecule has 0 fully saturated rings. The van der Waals surface area contributed by atoms with Crippen LogP contribution in [-0.2, 0) is 10.2 Å². The van der Waals surface area contributed by atoms with Crippen molar-refractivity contribution in [1.82, 2.24) is 4.31 Å². The summed E-state index contributed by atoms with van der Waals surface area (Å²) in [4.78, 5) is 0. The Hall–Kier alpha value is -1.78. The summed E-state index contributed by atoms with van der Waals surface area (Å²) in [5.41, 5.74) is 0.690. The molecule has 0 aliphatic carbocycles. The summed E-state index contributed by atoms with van der Waals surface area (Å²) < 4.78 is 31.6. The minimum absolute atomic E-state index is 0.292. The van der Waals surface area contributed by atoms with Crippen LogP contribution < -0.4 is 9.46 Å². The van der Waals surface area contributed by atoms with Crippen molar-refractivity contribution in [1.29, 1.82) is 5.26 Å². The van der Waals surface area contributed by atoms with Crippen molar-refractivity contribution in [3.05, 3.63) is 23.8 Å². The fourth-order valence-electron chi connectivity index (χ4n) is 1.08. The zero-order valence-corrected chi connectivity index (χ0v) is 10.6. The predicted octanol–water partition coefficient (Wildman–Crippen LogP) is 0.785. The van der Waals surface area contributed by atoms with Crippen molar-refractivity contribution in [2.45, 2.75) is 0 Å². The number of hydrogen-bond donors (Lipinski definition) is 1. The van der Waals surface area contributed by atoms with Crippen LogP contribution in [0.4, 0.5) is 5.69 Å². The molecule has 0 saturated carbocycles. The monoisotopic (exact) mass is 255 g/mol. The van der Waals surface area contributed by atoms with Crippen LogP contribution >= 0.6 is 0 Å². The Labute approximate surface area is 101 Å². The first-order valence-electron chi connectivity index (χ1n) is 4.69. The summed E-state index contributed by atoms with van der Waals surface area (Å²) in [6.45, 7) is 0. The van der Waals surface area contributed by atoms with E-state index in [-0.39, 0.29) is 0 Å². The third-order valence-electron chi connectivity index (χ3n) is 2.05. The van der Waals surface area contributed by atoms with Crippen LogP contribution in [0.15, 0.2) is 18.2 Å². The van der Waals surface area contributed by atoms with Crippen molar-refractivity contribution in [2.75, 3.05) is 25.9 Å². The number of nitriles is 1. The molecule has 1 aromatic carbocycles. The van der Waals surface area contributed by atoms with Crippen LogP contribution in [0.2, 0.25) is 0 Å². The lowest BCUT2D eigenvalue weighted by molar-refractivity contribution is 0.416. The van der Waals surface area contributed by atoms with Gasteiger partial charge in [-0.15, -0.1) is 0 Å². The Kier molecular flexibility index (Phi) is 3.93. The van der Waals surface area contributed by atoms with Gasteiger partial charge in [0.05, 0.1) is 24.4 Å². The molecule has 0 amide bonds. The molecule has 1 N–H and O–H groups in total. The van der Waals surface area contributed by atoms with Gasteiger partial charge in [0.15, 0.2) is 0 Å². The van der Waals surface area contributed by atoms with Crippen molar-refractivity contribution < 1.29 is 13.2 Å². The molecule has 0 aliphatic rings. The summed E-state index contributed by atoms with van der Waals surface area (Å²) in [6.07, 6.45) is 0. The van der Waals surface area contributed by atoms with Gasteiger partial charge in [0.25, 0.3) is 0 Å². The van der Waals surface area contributed by atoms with Crippen LogP contribution in [0.1, 0.15) is 5.56 Å². The molecule has 1 aromatic rings. The summed E-state index contributed by atoms with van der Waals surface area (Å²) in [5.74, 6) is 0.300. The van der Waals surface area contributed by atoms with E-state index in [1.165, 1.54) is 39.4 Å². The minimum atomic E-state index is -3.58. The van der Waals surface area contributed by atoms with E-state index in [4.69, 9.17) is 10.00 Å². The standard InChI is InChI=1S/C10H13N3O3S/c1-13(2)17(14,15)12-9-5-4-8(7-11)6-10(9)16-3/h4-6,12H,1-3H3. The Balaban J connectivity index is 3.13. The molecule has 17 heavy (non-hydrogen) atoms. The van der Waals surface area contributed by atoms with Gasteiger partial charge >= 0.3 is 10.2 Å². The number of hydrogen-bond acceptors (Lipinski definition) is 4. The molecule has 0 radical (unpaired) electrons. The average molecular weight is 255 g/mol. The van der Waals surface area contributed by atoms with Gasteiger partial charge in [0.1, 0.15) is 5.75 Å². The van der Waals surface area contributed by atoms with E-state index in [1.807, 2.05) is 6.07 Å². The topological polar surface area (TPSA) is 82.4 Å². The molecule has 0 aliphatic heterocycles. The number of benzene rings is 1. The Bertz CT molecular complexity index is 546. The fraction of sp³-hybridized carbons (Fsp3) is 0.300. The first-order chi connectivity index (χ1) is 7.90. The Morgan fingerprint density at radius 3 is 2.53 bits per heavy atom. The van der Waals surface area contributed by atoms with Gasteiger partial charge in [0, 0.05) is 20.2 Å². The van der Waals surface area contributed by atoms with Crippen molar-refractivity contribution in [3.63, 3.8) is 0 Å². The van der Waals surface area contributed by atoms with Crippen LogP contribution in [0.5, 0.6) is 5.75 Å². The summed E-state index contributed by atoms with van der Waals surface area (Å²) >= 11 is 0. The highest BCUT2D eigenvalue weighted by Gasteiger charge is 2.15. The molecular formula is C10H13N3O3S. The highest BCUT2D eigenvalue weighted by Crippen LogP contribution is 2.26. The molecule has 0 unspecified atom stereocenters. The zero-order valence-electron chi connectivity index (χ0n) is 9.76. The smallest absolute Gasteiger partial charge is 0.301 e. The molecule has 0 spiro atoms.